The molecular weight excluding hydrogens is 246 g/mol. The van der Waals surface area contributed by atoms with Crippen LogP contribution in [0.25, 0.3) is 0 Å². The molecule has 0 N–H and O–H groups in total. The highest BCUT2D eigenvalue weighted by Crippen LogP contribution is 2.42. The predicted octanol–water partition coefficient (Wildman–Crippen LogP) is 1.15. The number of fused-ring (bicyclic) bond motifs is 1. The molecule has 3 rings (SSSR count). The Labute approximate surface area is 112 Å². The van der Waals surface area contributed by atoms with Crippen molar-refractivity contribution in [1.82, 2.24) is 15.1 Å². The molecule has 0 amide bonds. The van der Waals surface area contributed by atoms with Crippen LogP contribution in [0.4, 0.5) is 0 Å². The highest BCUT2D eigenvalue weighted by molar-refractivity contribution is 5.76. The van der Waals surface area contributed by atoms with Crippen LogP contribution in [0.2, 0.25) is 0 Å². The molecule has 1 aliphatic carbocycles. The average molecular weight is 265 g/mol. The molecule has 3 atom stereocenters. The number of hydrogen-bond donors (Lipinski definition) is 0. The Balaban J connectivity index is 1.77. The number of carbonyl (C=O) groups is 1. The number of aryl methyl sites for hydroxylation is 1. The first-order valence-electron chi connectivity index (χ1n) is 6.80. The third-order valence-corrected chi connectivity index (χ3v) is 4.33. The molecule has 2 fully saturated rings. The van der Waals surface area contributed by atoms with Crippen molar-refractivity contribution in [3.05, 3.63) is 11.8 Å². The van der Waals surface area contributed by atoms with Gasteiger partial charge in [0.05, 0.1) is 13.7 Å². The Morgan fingerprint density at radius 3 is 3.00 bits per heavy atom. The number of esters is 1. The highest BCUT2D eigenvalue weighted by atomic mass is 16.5. The van der Waals surface area contributed by atoms with Crippen LogP contribution in [0.1, 0.15) is 31.0 Å². The Morgan fingerprint density at radius 2 is 2.32 bits per heavy atom. The minimum atomic E-state index is -0.148. The number of ether oxygens (including phenoxy) is 1. The second-order valence-corrected chi connectivity index (χ2v) is 5.47. The molecule has 0 unspecified atom stereocenters. The third-order valence-electron chi connectivity index (χ3n) is 4.33. The van der Waals surface area contributed by atoms with Crippen LogP contribution in [0, 0.1) is 18.8 Å². The van der Waals surface area contributed by atoms with Crippen molar-refractivity contribution in [2.45, 2.75) is 38.8 Å². The van der Waals surface area contributed by atoms with Crippen molar-refractivity contribution >= 4 is 5.97 Å². The predicted molar refractivity (Wildman–Crippen MR) is 66.1 cm³/mol. The topological polar surface area (TPSA) is 68.5 Å². The van der Waals surface area contributed by atoms with Gasteiger partial charge in [-0.05, 0) is 24.7 Å². The van der Waals surface area contributed by atoms with Gasteiger partial charge in [0.1, 0.15) is 6.04 Å². The summed E-state index contributed by atoms with van der Waals surface area (Å²) in [6.07, 6.45) is 3.54. The molecule has 6 heteroatoms. The van der Waals surface area contributed by atoms with Gasteiger partial charge in [0.15, 0.2) is 0 Å². The molecule has 1 aromatic rings. The molecule has 0 bridgehead atoms. The first-order valence-corrected chi connectivity index (χ1v) is 6.80. The first-order chi connectivity index (χ1) is 9.19. The number of likely N-dealkylation sites (tertiary alicyclic amines) is 1. The van der Waals surface area contributed by atoms with Crippen LogP contribution in [0.5, 0.6) is 0 Å². The van der Waals surface area contributed by atoms with Crippen LogP contribution >= 0.6 is 0 Å². The lowest BCUT2D eigenvalue weighted by atomic mass is 9.94. The molecule has 0 spiro atoms. The summed E-state index contributed by atoms with van der Waals surface area (Å²) in [5.41, 5.74) is 0. The molecule has 1 saturated carbocycles. The maximum Gasteiger partial charge on any atom is 0.323 e. The van der Waals surface area contributed by atoms with Crippen LogP contribution in [-0.4, -0.2) is 40.8 Å². The van der Waals surface area contributed by atoms with E-state index in [0.29, 0.717) is 30.2 Å². The van der Waals surface area contributed by atoms with Gasteiger partial charge in [0, 0.05) is 13.5 Å². The fraction of sp³-hybridized carbons (Fsp3) is 0.769. The van der Waals surface area contributed by atoms with Gasteiger partial charge >= 0.3 is 5.97 Å². The molecule has 0 aromatic carbocycles. The summed E-state index contributed by atoms with van der Waals surface area (Å²) in [5, 5.41) is 7.84. The minimum absolute atomic E-state index is 0.134. The van der Waals surface area contributed by atoms with Crippen LogP contribution in [0.15, 0.2) is 4.42 Å². The molecule has 2 heterocycles. The van der Waals surface area contributed by atoms with Gasteiger partial charge in [0.25, 0.3) is 0 Å². The summed E-state index contributed by atoms with van der Waals surface area (Å²) in [4.78, 5) is 14.2. The molecule has 0 radical (unpaired) electrons. The normalized spacial score (nSPS) is 30.5. The summed E-state index contributed by atoms with van der Waals surface area (Å²) in [6.45, 7) is 3.23. The van der Waals surface area contributed by atoms with Gasteiger partial charge in [-0.2, -0.15) is 0 Å². The number of hydrogen-bond acceptors (Lipinski definition) is 6. The van der Waals surface area contributed by atoms with Crippen LogP contribution < -0.4 is 0 Å². The minimum Gasteiger partial charge on any atom is -0.468 e. The van der Waals surface area contributed by atoms with Crippen molar-refractivity contribution < 1.29 is 13.9 Å². The lowest BCUT2D eigenvalue weighted by molar-refractivity contribution is -0.147. The smallest absolute Gasteiger partial charge is 0.323 e. The van der Waals surface area contributed by atoms with Crippen molar-refractivity contribution in [3.63, 3.8) is 0 Å². The van der Waals surface area contributed by atoms with E-state index in [2.05, 4.69) is 15.1 Å². The van der Waals surface area contributed by atoms with Gasteiger partial charge in [0.2, 0.25) is 11.8 Å². The Bertz CT molecular complexity index is 473. The van der Waals surface area contributed by atoms with Gasteiger partial charge in [-0.1, -0.05) is 6.42 Å². The number of methoxy groups -OCH3 is 1. The molecule has 1 aliphatic heterocycles. The van der Waals surface area contributed by atoms with E-state index in [4.69, 9.17) is 9.15 Å². The van der Waals surface area contributed by atoms with E-state index in [-0.39, 0.29) is 12.0 Å². The van der Waals surface area contributed by atoms with E-state index < -0.39 is 0 Å². The first kappa shape index (κ1) is 12.6. The number of rotatable bonds is 3. The van der Waals surface area contributed by atoms with E-state index in [0.717, 1.165) is 13.0 Å². The number of nitrogens with zero attached hydrogens (tertiary/aromatic N) is 3. The Morgan fingerprint density at radius 1 is 1.47 bits per heavy atom. The zero-order valence-electron chi connectivity index (χ0n) is 11.3. The largest absolute Gasteiger partial charge is 0.468 e. The van der Waals surface area contributed by atoms with Crippen LogP contribution in [-0.2, 0) is 16.1 Å². The maximum atomic E-state index is 12.0. The zero-order chi connectivity index (χ0) is 13.4. The SMILES string of the molecule is COC(=O)[C@@H]1[C@@H]2CCC[C@H]2CN1Cc1nnc(C)o1. The number of carbonyl (C=O) groups excluding carboxylic acids is 1. The maximum absolute atomic E-state index is 12.0. The summed E-state index contributed by atoms with van der Waals surface area (Å²) in [7, 11) is 1.46. The molecule has 104 valence electrons. The molecule has 2 aliphatic rings. The van der Waals surface area contributed by atoms with Gasteiger partial charge in [-0.15, -0.1) is 10.2 Å². The van der Waals surface area contributed by atoms with E-state index in [1.54, 1.807) is 6.92 Å². The standard InChI is InChI=1S/C13H19N3O3/c1-8-14-15-11(19-8)7-16-6-9-4-3-5-10(9)12(16)13(17)18-2/h9-10,12H,3-7H2,1-2H3/t9-,10+,12-/m0/s1. The molecular formula is C13H19N3O3. The summed E-state index contributed by atoms with van der Waals surface area (Å²) >= 11 is 0. The average Bonchev–Trinajstić information content (AvgIpc) is 3.05. The molecule has 1 saturated heterocycles. The monoisotopic (exact) mass is 265 g/mol. The Hall–Kier alpha value is -1.43. The zero-order valence-corrected chi connectivity index (χ0v) is 11.3. The van der Waals surface area contributed by atoms with Crippen molar-refractivity contribution in [2.75, 3.05) is 13.7 Å². The third kappa shape index (κ3) is 2.25. The van der Waals surface area contributed by atoms with Gasteiger partial charge in [-0.25, -0.2) is 0 Å². The van der Waals surface area contributed by atoms with Gasteiger partial charge in [-0.3, -0.25) is 9.69 Å². The second kappa shape index (κ2) is 4.92. The molecule has 6 nitrogen and oxygen atoms in total. The highest BCUT2D eigenvalue weighted by Gasteiger charge is 2.48. The lowest BCUT2D eigenvalue weighted by Gasteiger charge is -2.23. The van der Waals surface area contributed by atoms with E-state index >= 15 is 0 Å². The molecule has 1 aromatic heterocycles. The Kier molecular flexibility index (Phi) is 3.26. The van der Waals surface area contributed by atoms with Crippen LogP contribution in [0.3, 0.4) is 0 Å². The quantitative estimate of drug-likeness (QED) is 0.764. The fourth-order valence-corrected chi connectivity index (χ4v) is 3.58. The summed E-state index contributed by atoms with van der Waals surface area (Å²) in [6, 6.07) is -0.148. The van der Waals surface area contributed by atoms with Crippen molar-refractivity contribution in [1.29, 1.82) is 0 Å². The second-order valence-electron chi connectivity index (χ2n) is 5.47. The summed E-state index contributed by atoms with van der Waals surface area (Å²) < 4.78 is 10.4. The van der Waals surface area contributed by atoms with Gasteiger partial charge < -0.3 is 9.15 Å². The van der Waals surface area contributed by atoms with Crippen molar-refractivity contribution in [2.24, 2.45) is 11.8 Å². The lowest BCUT2D eigenvalue weighted by Crippen LogP contribution is -2.40. The molecule has 19 heavy (non-hydrogen) atoms. The number of aromatic nitrogens is 2. The summed E-state index contributed by atoms with van der Waals surface area (Å²) in [5.74, 6) is 2.03. The van der Waals surface area contributed by atoms with E-state index in [9.17, 15) is 4.79 Å². The van der Waals surface area contributed by atoms with E-state index in [1.165, 1.54) is 20.0 Å². The van der Waals surface area contributed by atoms with E-state index in [1.807, 2.05) is 0 Å². The fourth-order valence-electron chi connectivity index (χ4n) is 3.58. The van der Waals surface area contributed by atoms with Crippen molar-refractivity contribution in [3.8, 4) is 0 Å².